The number of rotatable bonds is 8. The highest BCUT2D eigenvalue weighted by Crippen LogP contribution is 2.41. The first-order valence-electron chi connectivity index (χ1n) is 8.87. The summed E-state index contributed by atoms with van der Waals surface area (Å²) < 4.78 is 11.3. The van der Waals surface area contributed by atoms with E-state index in [2.05, 4.69) is 11.9 Å². The molecule has 0 aromatic heterocycles. The van der Waals surface area contributed by atoms with Crippen molar-refractivity contribution in [2.45, 2.75) is 98.0 Å². The van der Waals surface area contributed by atoms with E-state index in [4.69, 9.17) is 9.47 Å². The maximum atomic E-state index is 12.7. The molecule has 0 saturated heterocycles. The van der Waals surface area contributed by atoms with Gasteiger partial charge in [0.25, 0.3) is 0 Å². The minimum absolute atomic E-state index is 0.124. The van der Waals surface area contributed by atoms with E-state index in [1.165, 1.54) is 0 Å². The highest BCUT2D eigenvalue weighted by Gasteiger charge is 2.60. The summed E-state index contributed by atoms with van der Waals surface area (Å²) in [6.45, 7) is 15.3. The maximum Gasteiger partial charge on any atom is 0.246 e. The topological polar surface area (TPSA) is 68.1 Å². The molecule has 0 bridgehead atoms. The SMILES string of the molecule is CCCCC(=NC(C)(C)C)C1(O)C(=O)C(OC(C)C)=C1OC(C)C. The fourth-order valence-corrected chi connectivity index (χ4v) is 2.52. The number of nitrogens with zero attached hydrogens (tertiary/aromatic N) is 1. The summed E-state index contributed by atoms with van der Waals surface area (Å²) in [5, 5.41) is 11.2. The summed E-state index contributed by atoms with van der Waals surface area (Å²) in [4.78, 5) is 17.3. The van der Waals surface area contributed by atoms with Crippen molar-refractivity contribution in [3.63, 3.8) is 0 Å². The highest BCUT2D eigenvalue weighted by molar-refractivity contribution is 6.26. The summed E-state index contributed by atoms with van der Waals surface area (Å²) in [6.07, 6.45) is 2.01. The van der Waals surface area contributed by atoms with Gasteiger partial charge in [-0.2, -0.15) is 0 Å². The van der Waals surface area contributed by atoms with Crippen LogP contribution in [0.4, 0.5) is 0 Å². The molecular weight excluding hydrogens is 306 g/mol. The Balaban J connectivity index is 3.35. The molecular formula is C19H33NO4. The molecule has 1 aliphatic rings. The summed E-state index contributed by atoms with van der Waals surface area (Å²) in [5.41, 5.74) is -1.72. The van der Waals surface area contributed by atoms with Crippen LogP contribution in [0.15, 0.2) is 16.5 Å². The molecule has 0 spiro atoms. The molecule has 138 valence electrons. The number of hydrogen-bond donors (Lipinski definition) is 1. The largest absolute Gasteiger partial charge is 0.487 e. The van der Waals surface area contributed by atoms with Gasteiger partial charge in [0.05, 0.1) is 23.5 Å². The predicted octanol–water partition coefficient (Wildman–Crippen LogP) is 3.79. The number of unbranched alkanes of at least 4 members (excludes halogenated alkanes) is 1. The summed E-state index contributed by atoms with van der Waals surface area (Å²) in [6, 6.07) is 0. The molecule has 0 aromatic carbocycles. The number of Topliss-reactive ketones (excluding diaryl/α,β-unsaturated/α-hetero) is 1. The van der Waals surface area contributed by atoms with Crippen LogP contribution in [0.1, 0.15) is 74.7 Å². The molecule has 0 amide bonds. The molecule has 1 rings (SSSR count). The van der Waals surface area contributed by atoms with Crippen molar-refractivity contribution in [1.82, 2.24) is 0 Å². The van der Waals surface area contributed by atoms with Gasteiger partial charge in [0.1, 0.15) is 0 Å². The lowest BCUT2D eigenvalue weighted by atomic mass is 9.76. The lowest BCUT2D eigenvalue weighted by Gasteiger charge is -2.41. The first-order chi connectivity index (χ1) is 10.9. The second-order valence-electron chi connectivity index (χ2n) is 7.86. The first-order valence-corrected chi connectivity index (χ1v) is 8.87. The number of aliphatic imine (C=N–C) groups is 1. The van der Waals surface area contributed by atoms with Gasteiger partial charge in [0.15, 0.2) is 5.76 Å². The van der Waals surface area contributed by atoms with Crippen molar-refractivity contribution in [3.05, 3.63) is 11.5 Å². The first kappa shape index (κ1) is 20.7. The Hall–Kier alpha value is -1.36. The molecule has 1 unspecified atom stereocenters. The Bertz CT molecular complexity index is 526. The molecule has 0 fully saturated rings. The molecule has 1 aliphatic carbocycles. The van der Waals surface area contributed by atoms with Gasteiger partial charge in [-0.15, -0.1) is 0 Å². The highest BCUT2D eigenvalue weighted by atomic mass is 16.6. The van der Waals surface area contributed by atoms with E-state index >= 15 is 0 Å². The van der Waals surface area contributed by atoms with Gasteiger partial charge in [-0.05, 0) is 61.3 Å². The Labute approximate surface area is 146 Å². The lowest BCUT2D eigenvalue weighted by molar-refractivity contribution is -0.142. The third kappa shape index (κ3) is 4.59. The van der Waals surface area contributed by atoms with Crippen LogP contribution in [0.3, 0.4) is 0 Å². The normalized spacial score (nSPS) is 22.3. The van der Waals surface area contributed by atoms with Crippen molar-refractivity contribution >= 4 is 11.5 Å². The lowest BCUT2D eigenvalue weighted by Crippen LogP contribution is -2.59. The van der Waals surface area contributed by atoms with Crippen molar-refractivity contribution < 1.29 is 19.4 Å². The molecule has 0 radical (unpaired) electrons. The second-order valence-corrected chi connectivity index (χ2v) is 7.86. The van der Waals surface area contributed by atoms with E-state index < -0.39 is 16.9 Å². The monoisotopic (exact) mass is 339 g/mol. The summed E-state index contributed by atoms with van der Waals surface area (Å²) in [7, 11) is 0. The van der Waals surface area contributed by atoms with E-state index in [0.29, 0.717) is 12.1 Å². The summed E-state index contributed by atoms with van der Waals surface area (Å²) >= 11 is 0. The van der Waals surface area contributed by atoms with E-state index in [-0.39, 0.29) is 23.7 Å². The number of carbonyl (C=O) groups is 1. The summed E-state index contributed by atoms with van der Waals surface area (Å²) in [5.74, 6) is -0.124. The number of ether oxygens (including phenoxy) is 2. The van der Waals surface area contributed by atoms with Gasteiger partial charge in [-0.25, -0.2) is 0 Å². The zero-order valence-electron chi connectivity index (χ0n) is 16.4. The Morgan fingerprint density at radius 1 is 1.17 bits per heavy atom. The molecule has 0 saturated carbocycles. The third-order valence-electron chi connectivity index (χ3n) is 3.43. The molecule has 0 aromatic rings. The van der Waals surface area contributed by atoms with Crippen LogP contribution in [-0.2, 0) is 14.3 Å². The molecule has 0 heterocycles. The smallest absolute Gasteiger partial charge is 0.246 e. The third-order valence-corrected chi connectivity index (χ3v) is 3.43. The number of hydrogen-bond acceptors (Lipinski definition) is 5. The molecule has 5 heteroatoms. The minimum atomic E-state index is -1.79. The average Bonchev–Trinajstić information content (AvgIpc) is 2.44. The van der Waals surface area contributed by atoms with Crippen molar-refractivity contribution in [1.29, 1.82) is 0 Å². The Morgan fingerprint density at radius 3 is 2.12 bits per heavy atom. The van der Waals surface area contributed by atoms with Crippen LogP contribution in [0.5, 0.6) is 0 Å². The van der Waals surface area contributed by atoms with Gasteiger partial charge in [-0.1, -0.05) is 13.3 Å². The standard InChI is InChI=1S/C19H33NO4/c1-9-10-11-14(20-18(6,7)8)19(22)16(21)15(23-12(2)3)17(19)24-13(4)5/h12-13,22H,9-11H2,1-8H3. The zero-order chi connectivity index (χ0) is 18.7. The van der Waals surface area contributed by atoms with E-state index in [1.54, 1.807) is 0 Å². The Morgan fingerprint density at radius 2 is 1.71 bits per heavy atom. The molecule has 5 nitrogen and oxygen atoms in total. The van der Waals surface area contributed by atoms with Crippen LogP contribution in [-0.4, -0.2) is 39.9 Å². The van der Waals surface area contributed by atoms with Gasteiger partial charge in [0.2, 0.25) is 17.1 Å². The average molecular weight is 339 g/mol. The van der Waals surface area contributed by atoms with Crippen LogP contribution in [0, 0.1) is 0 Å². The van der Waals surface area contributed by atoms with Crippen molar-refractivity contribution in [2.24, 2.45) is 4.99 Å². The van der Waals surface area contributed by atoms with Gasteiger partial charge < -0.3 is 14.6 Å². The van der Waals surface area contributed by atoms with E-state index in [0.717, 1.165) is 12.8 Å². The fraction of sp³-hybridized carbons (Fsp3) is 0.789. The van der Waals surface area contributed by atoms with Crippen molar-refractivity contribution in [2.75, 3.05) is 0 Å². The minimum Gasteiger partial charge on any atom is -0.487 e. The second kappa shape index (κ2) is 7.68. The Kier molecular flexibility index (Phi) is 6.62. The molecule has 24 heavy (non-hydrogen) atoms. The predicted molar refractivity (Wildman–Crippen MR) is 96.1 cm³/mol. The zero-order valence-corrected chi connectivity index (χ0v) is 16.4. The van der Waals surface area contributed by atoms with Gasteiger partial charge in [0, 0.05) is 0 Å². The van der Waals surface area contributed by atoms with Crippen molar-refractivity contribution in [3.8, 4) is 0 Å². The van der Waals surface area contributed by atoms with E-state index in [1.807, 2.05) is 48.5 Å². The fourth-order valence-electron chi connectivity index (χ4n) is 2.52. The quantitative estimate of drug-likeness (QED) is 0.683. The van der Waals surface area contributed by atoms with Crippen LogP contribution in [0.25, 0.3) is 0 Å². The number of ketones is 1. The number of carbonyl (C=O) groups excluding carboxylic acids is 1. The van der Waals surface area contributed by atoms with Gasteiger partial charge in [-0.3, -0.25) is 9.79 Å². The van der Waals surface area contributed by atoms with E-state index in [9.17, 15) is 9.90 Å². The van der Waals surface area contributed by atoms with Crippen LogP contribution >= 0.6 is 0 Å². The van der Waals surface area contributed by atoms with Gasteiger partial charge >= 0.3 is 0 Å². The number of aliphatic hydroxyl groups is 1. The molecule has 1 N–H and O–H groups in total. The van der Waals surface area contributed by atoms with Crippen LogP contribution in [0.2, 0.25) is 0 Å². The maximum absolute atomic E-state index is 12.7. The molecule has 0 aliphatic heterocycles. The van der Waals surface area contributed by atoms with Crippen LogP contribution < -0.4 is 0 Å². The molecule has 1 atom stereocenters.